The van der Waals surface area contributed by atoms with E-state index in [1.54, 1.807) is 0 Å². The van der Waals surface area contributed by atoms with Crippen molar-refractivity contribution in [3.05, 3.63) is 35.4 Å². The average Bonchev–Trinajstić information content (AvgIpc) is 2.09. The molecule has 0 spiro atoms. The molecule has 0 heterocycles. The van der Waals surface area contributed by atoms with Gasteiger partial charge in [0.15, 0.2) is 0 Å². The van der Waals surface area contributed by atoms with Crippen molar-refractivity contribution in [2.75, 3.05) is 12.7 Å². The molecule has 0 bridgehead atoms. The summed E-state index contributed by atoms with van der Waals surface area (Å²) in [6.45, 7) is 2.81. The lowest BCUT2D eigenvalue weighted by atomic mass is 10.1. The molecular formula is C10H13ClO. The molecule has 1 aromatic carbocycles. The van der Waals surface area contributed by atoms with Crippen LogP contribution in [0.4, 0.5) is 0 Å². The maximum absolute atomic E-state index is 5.39. The molecule has 12 heavy (non-hydrogen) atoms. The van der Waals surface area contributed by atoms with E-state index in [0.717, 1.165) is 6.42 Å². The van der Waals surface area contributed by atoms with E-state index in [0.29, 0.717) is 6.61 Å². The van der Waals surface area contributed by atoms with Crippen molar-refractivity contribution in [2.45, 2.75) is 13.3 Å². The molecule has 0 fully saturated rings. The lowest BCUT2D eigenvalue weighted by molar-refractivity contribution is 0.182. The van der Waals surface area contributed by atoms with Crippen molar-refractivity contribution >= 4 is 11.6 Å². The van der Waals surface area contributed by atoms with Crippen LogP contribution < -0.4 is 0 Å². The van der Waals surface area contributed by atoms with E-state index in [2.05, 4.69) is 19.1 Å². The number of rotatable bonds is 4. The summed E-state index contributed by atoms with van der Waals surface area (Å²) < 4.78 is 5.06. The minimum absolute atomic E-state index is 0.284. The molecule has 0 aliphatic carbocycles. The number of hydrogen-bond acceptors (Lipinski definition) is 1. The molecule has 0 saturated carbocycles. The van der Waals surface area contributed by atoms with E-state index in [4.69, 9.17) is 16.3 Å². The molecule has 0 atom stereocenters. The van der Waals surface area contributed by atoms with Crippen LogP contribution in [0.2, 0.25) is 0 Å². The zero-order valence-electron chi connectivity index (χ0n) is 7.22. The molecule has 1 rings (SSSR count). The van der Waals surface area contributed by atoms with Gasteiger partial charge in [0.2, 0.25) is 0 Å². The van der Waals surface area contributed by atoms with Gasteiger partial charge in [-0.3, -0.25) is 0 Å². The molecule has 1 nitrogen and oxygen atoms in total. The van der Waals surface area contributed by atoms with Gasteiger partial charge in [-0.15, -0.1) is 0 Å². The summed E-state index contributed by atoms with van der Waals surface area (Å²) in [7, 11) is 0. The van der Waals surface area contributed by atoms with Gasteiger partial charge in [0.25, 0.3) is 0 Å². The van der Waals surface area contributed by atoms with Crippen molar-refractivity contribution in [3.8, 4) is 0 Å². The Hall–Kier alpha value is -0.530. The van der Waals surface area contributed by atoms with Crippen LogP contribution in [-0.2, 0) is 11.2 Å². The van der Waals surface area contributed by atoms with Crippen LogP contribution >= 0.6 is 11.6 Å². The fraction of sp³-hybridized carbons (Fsp3) is 0.400. The van der Waals surface area contributed by atoms with Crippen molar-refractivity contribution in [1.82, 2.24) is 0 Å². The summed E-state index contributed by atoms with van der Waals surface area (Å²) in [4.78, 5) is 0. The van der Waals surface area contributed by atoms with Crippen molar-refractivity contribution < 1.29 is 4.74 Å². The Kier molecular flexibility index (Phi) is 4.12. The van der Waals surface area contributed by atoms with Gasteiger partial charge in [-0.25, -0.2) is 0 Å². The van der Waals surface area contributed by atoms with Crippen LogP contribution in [0.1, 0.15) is 11.1 Å². The average molecular weight is 185 g/mol. The Labute approximate surface area is 78.3 Å². The molecule has 0 unspecified atom stereocenters. The molecule has 0 amide bonds. The summed E-state index contributed by atoms with van der Waals surface area (Å²) in [5.41, 5.74) is 2.65. The van der Waals surface area contributed by atoms with Gasteiger partial charge in [-0.05, 0) is 24.5 Å². The third-order valence-corrected chi connectivity index (χ3v) is 2.01. The Bertz CT molecular complexity index is 235. The van der Waals surface area contributed by atoms with Crippen LogP contribution in [-0.4, -0.2) is 12.7 Å². The summed E-state index contributed by atoms with van der Waals surface area (Å²) in [5, 5.41) is 0. The largest absolute Gasteiger partial charge is 0.365 e. The van der Waals surface area contributed by atoms with Gasteiger partial charge < -0.3 is 4.74 Å². The highest BCUT2D eigenvalue weighted by Gasteiger charge is 1.95. The van der Waals surface area contributed by atoms with Crippen LogP contribution in [0.3, 0.4) is 0 Å². The number of hydrogen-bond donors (Lipinski definition) is 0. The molecular weight excluding hydrogens is 172 g/mol. The maximum atomic E-state index is 5.39. The number of benzene rings is 1. The number of ether oxygens (including phenoxy) is 1. The Morgan fingerprint density at radius 2 is 2.08 bits per heavy atom. The SMILES string of the molecule is Cc1ccccc1CCOCCl. The minimum Gasteiger partial charge on any atom is -0.365 e. The molecule has 2 heteroatoms. The lowest BCUT2D eigenvalue weighted by Gasteiger charge is -2.04. The first kappa shape index (κ1) is 9.56. The summed E-state index contributed by atoms with van der Waals surface area (Å²) in [6, 6.07) is 8.60. The van der Waals surface area contributed by atoms with E-state index in [-0.39, 0.29) is 6.07 Å². The number of aryl methyl sites for hydroxylation is 1. The first-order valence-electron chi connectivity index (χ1n) is 4.03. The second kappa shape index (κ2) is 5.18. The summed E-state index contributed by atoms with van der Waals surface area (Å²) in [6.07, 6.45) is 0.944. The molecule has 0 saturated heterocycles. The van der Waals surface area contributed by atoms with Gasteiger partial charge in [0, 0.05) is 0 Å². The minimum atomic E-state index is 0.284. The van der Waals surface area contributed by atoms with Gasteiger partial charge >= 0.3 is 0 Å². The van der Waals surface area contributed by atoms with E-state index in [9.17, 15) is 0 Å². The highest BCUT2D eigenvalue weighted by Crippen LogP contribution is 2.07. The first-order valence-corrected chi connectivity index (χ1v) is 4.56. The van der Waals surface area contributed by atoms with Gasteiger partial charge in [-0.2, -0.15) is 0 Å². The van der Waals surface area contributed by atoms with Crippen LogP contribution in [0, 0.1) is 6.92 Å². The normalized spacial score (nSPS) is 10.2. The van der Waals surface area contributed by atoms with E-state index < -0.39 is 0 Å². The predicted octanol–water partition coefficient (Wildman–Crippen LogP) is 2.75. The van der Waals surface area contributed by atoms with E-state index in [1.807, 2.05) is 12.1 Å². The summed E-state index contributed by atoms with van der Waals surface area (Å²) in [5.74, 6) is 0. The van der Waals surface area contributed by atoms with Crippen molar-refractivity contribution in [2.24, 2.45) is 0 Å². The second-order valence-electron chi connectivity index (χ2n) is 2.69. The van der Waals surface area contributed by atoms with E-state index >= 15 is 0 Å². The topological polar surface area (TPSA) is 9.23 Å². The monoisotopic (exact) mass is 184 g/mol. The molecule has 0 aliphatic rings. The first-order chi connectivity index (χ1) is 5.84. The third-order valence-electron chi connectivity index (χ3n) is 1.85. The zero-order valence-corrected chi connectivity index (χ0v) is 7.97. The molecule has 1 aromatic rings. The van der Waals surface area contributed by atoms with Crippen molar-refractivity contribution in [1.29, 1.82) is 0 Å². The highest BCUT2D eigenvalue weighted by molar-refractivity contribution is 6.17. The molecule has 66 valence electrons. The number of alkyl halides is 1. The maximum Gasteiger partial charge on any atom is 0.120 e. The van der Waals surface area contributed by atoms with Crippen molar-refractivity contribution in [3.63, 3.8) is 0 Å². The fourth-order valence-corrected chi connectivity index (χ4v) is 1.24. The quantitative estimate of drug-likeness (QED) is 0.517. The predicted molar refractivity (Wildman–Crippen MR) is 51.6 cm³/mol. The summed E-state index contributed by atoms with van der Waals surface area (Å²) >= 11 is 5.39. The lowest BCUT2D eigenvalue weighted by Crippen LogP contribution is -1.98. The smallest absolute Gasteiger partial charge is 0.120 e. The standard InChI is InChI=1S/C10H13ClO/c1-9-4-2-3-5-10(9)6-7-12-8-11/h2-5H,6-8H2,1H3. The molecule has 0 aliphatic heterocycles. The highest BCUT2D eigenvalue weighted by atomic mass is 35.5. The Balaban J connectivity index is 2.46. The van der Waals surface area contributed by atoms with Gasteiger partial charge in [-0.1, -0.05) is 35.9 Å². The Morgan fingerprint density at radius 3 is 2.75 bits per heavy atom. The molecule has 0 N–H and O–H groups in total. The Morgan fingerprint density at radius 1 is 1.33 bits per heavy atom. The van der Waals surface area contributed by atoms with Gasteiger partial charge in [0.05, 0.1) is 6.61 Å². The van der Waals surface area contributed by atoms with E-state index in [1.165, 1.54) is 11.1 Å². The van der Waals surface area contributed by atoms with Crippen LogP contribution in [0.5, 0.6) is 0 Å². The second-order valence-corrected chi connectivity index (χ2v) is 2.91. The third kappa shape index (κ3) is 2.84. The molecule has 0 aromatic heterocycles. The van der Waals surface area contributed by atoms with Gasteiger partial charge in [0.1, 0.15) is 6.07 Å². The van der Waals surface area contributed by atoms with Crippen LogP contribution in [0.25, 0.3) is 0 Å². The van der Waals surface area contributed by atoms with Crippen LogP contribution in [0.15, 0.2) is 24.3 Å². The fourth-order valence-electron chi connectivity index (χ4n) is 1.13. The number of halogens is 1. The zero-order chi connectivity index (χ0) is 8.81. The molecule has 0 radical (unpaired) electrons.